The van der Waals surface area contributed by atoms with E-state index >= 15 is 0 Å². The predicted octanol–water partition coefficient (Wildman–Crippen LogP) is 1.53. The van der Waals surface area contributed by atoms with Crippen LogP contribution < -0.4 is 4.90 Å². The van der Waals surface area contributed by atoms with Crippen molar-refractivity contribution >= 4 is 5.82 Å². The van der Waals surface area contributed by atoms with Gasteiger partial charge in [-0.25, -0.2) is 4.98 Å². The number of nitrogens with zero attached hydrogens (tertiary/aromatic N) is 4. The van der Waals surface area contributed by atoms with Gasteiger partial charge in [0.25, 0.3) is 0 Å². The van der Waals surface area contributed by atoms with Crippen molar-refractivity contribution in [3.63, 3.8) is 0 Å². The molecular formula is C13H22N4. The van der Waals surface area contributed by atoms with Crippen molar-refractivity contribution in [3.05, 3.63) is 18.1 Å². The van der Waals surface area contributed by atoms with Gasteiger partial charge in [0, 0.05) is 37.8 Å². The van der Waals surface area contributed by atoms with Gasteiger partial charge in [0.1, 0.15) is 5.82 Å². The van der Waals surface area contributed by atoms with Crippen LogP contribution >= 0.6 is 0 Å². The molecule has 0 amide bonds. The fraction of sp³-hybridized carbons (Fsp3) is 0.692. The molecule has 0 bridgehead atoms. The molecule has 4 heteroatoms. The smallest absolute Gasteiger partial charge is 0.147 e. The number of rotatable bonds is 1. The number of anilines is 1. The average molecular weight is 234 g/mol. The lowest BCUT2D eigenvalue weighted by atomic mass is 9.93. The highest BCUT2D eigenvalue weighted by Gasteiger charge is 2.19. The standard InChI is InChI=1S/C13H22N4/c1-13(2,3)11-9-14-10-12(15-11)17-7-5-16(4)6-8-17/h9-10H,5-8H2,1-4H3. The van der Waals surface area contributed by atoms with E-state index in [1.54, 1.807) is 0 Å². The van der Waals surface area contributed by atoms with Crippen molar-refractivity contribution < 1.29 is 0 Å². The summed E-state index contributed by atoms with van der Waals surface area (Å²) < 4.78 is 0. The summed E-state index contributed by atoms with van der Waals surface area (Å²) in [6, 6.07) is 0. The highest BCUT2D eigenvalue weighted by atomic mass is 15.3. The van der Waals surface area contributed by atoms with E-state index < -0.39 is 0 Å². The molecule has 1 aliphatic heterocycles. The maximum absolute atomic E-state index is 4.74. The van der Waals surface area contributed by atoms with Crippen LogP contribution in [0.1, 0.15) is 26.5 Å². The van der Waals surface area contributed by atoms with Gasteiger partial charge in [0.05, 0.1) is 11.9 Å². The van der Waals surface area contributed by atoms with Gasteiger partial charge in [-0.15, -0.1) is 0 Å². The first-order valence-corrected chi connectivity index (χ1v) is 6.23. The molecule has 0 N–H and O–H groups in total. The van der Waals surface area contributed by atoms with Gasteiger partial charge in [-0.2, -0.15) is 0 Å². The summed E-state index contributed by atoms with van der Waals surface area (Å²) in [5, 5.41) is 0. The zero-order valence-electron chi connectivity index (χ0n) is 11.3. The lowest BCUT2D eigenvalue weighted by Gasteiger charge is -2.33. The van der Waals surface area contributed by atoms with E-state index in [9.17, 15) is 0 Å². The predicted molar refractivity (Wildman–Crippen MR) is 70.4 cm³/mol. The fourth-order valence-corrected chi connectivity index (χ4v) is 1.90. The van der Waals surface area contributed by atoms with Crippen molar-refractivity contribution in [2.24, 2.45) is 0 Å². The van der Waals surface area contributed by atoms with Crippen LogP contribution in [0.4, 0.5) is 5.82 Å². The molecule has 2 rings (SSSR count). The number of hydrogen-bond acceptors (Lipinski definition) is 4. The first kappa shape index (κ1) is 12.3. The number of piperazine rings is 1. The molecule has 94 valence electrons. The Bertz CT molecular complexity index is 375. The van der Waals surface area contributed by atoms with E-state index in [1.807, 2.05) is 12.4 Å². The van der Waals surface area contributed by atoms with E-state index in [0.29, 0.717) is 0 Å². The van der Waals surface area contributed by atoms with Crippen LogP contribution in [-0.4, -0.2) is 48.1 Å². The fourth-order valence-electron chi connectivity index (χ4n) is 1.90. The van der Waals surface area contributed by atoms with E-state index in [1.165, 1.54) is 0 Å². The summed E-state index contributed by atoms with van der Waals surface area (Å²) >= 11 is 0. The summed E-state index contributed by atoms with van der Waals surface area (Å²) in [6.07, 6.45) is 3.75. The summed E-state index contributed by atoms with van der Waals surface area (Å²) in [7, 11) is 2.16. The minimum atomic E-state index is 0.0651. The quantitative estimate of drug-likeness (QED) is 0.737. The summed E-state index contributed by atoms with van der Waals surface area (Å²) in [5.74, 6) is 1.02. The molecule has 1 aliphatic rings. The SMILES string of the molecule is CN1CCN(c2cncc(C(C)(C)C)n2)CC1. The van der Waals surface area contributed by atoms with Crippen LogP contribution in [-0.2, 0) is 5.41 Å². The molecule has 1 fully saturated rings. The lowest BCUT2D eigenvalue weighted by Crippen LogP contribution is -2.45. The third-order valence-electron chi connectivity index (χ3n) is 3.22. The molecule has 0 unspecified atom stereocenters. The molecule has 2 heterocycles. The Morgan fingerprint density at radius 3 is 2.29 bits per heavy atom. The minimum Gasteiger partial charge on any atom is -0.353 e. The van der Waals surface area contributed by atoms with E-state index in [0.717, 1.165) is 37.7 Å². The van der Waals surface area contributed by atoms with Crippen molar-refractivity contribution in [1.29, 1.82) is 0 Å². The molecule has 1 saturated heterocycles. The lowest BCUT2D eigenvalue weighted by molar-refractivity contribution is 0.311. The second kappa shape index (κ2) is 4.61. The summed E-state index contributed by atoms with van der Waals surface area (Å²) in [4.78, 5) is 13.7. The van der Waals surface area contributed by atoms with Crippen LogP contribution in [0.2, 0.25) is 0 Å². The van der Waals surface area contributed by atoms with Gasteiger partial charge in [0.2, 0.25) is 0 Å². The van der Waals surface area contributed by atoms with Gasteiger partial charge < -0.3 is 9.80 Å². The third-order valence-corrected chi connectivity index (χ3v) is 3.22. The molecule has 1 aromatic heterocycles. The molecule has 0 saturated carbocycles. The normalized spacial score (nSPS) is 18.5. The Balaban J connectivity index is 2.16. The second-order valence-electron chi connectivity index (χ2n) is 5.80. The van der Waals surface area contributed by atoms with Crippen LogP contribution in [0, 0.1) is 0 Å². The van der Waals surface area contributed by atoms with Crippen LogP contribution in [0.25, 0.3) is 0 Å². The molecule has 1 aromatic rings. The van der Waals surface area contributed by atoms with Crippen molar-refractivity contribution in [2.45, 2.75) is 26.2 Å². The van der Waals surface area contributed by atoms with Gasteiger partial charge in [-0.1, -0.05) is 20.8 Å². The Hall–Kier alpha value is -1.16. The Labute approximate surface area is 104 Å². The van der Waals surface area contributed by atoms with E-state index in [-0.39, 0.29) is 5.41 Å². The Kier molecular flexibility index (Phi) is 3.33. The monoisotopic (exact) mass is 234 g/mol. The zero-order valence-corrected chi connectivity index (χ0v) is 11.3. The van der Waals surface area contributed by atoms with Gasteiger partial charge >= 0.3 is 0 Å². The minimum absolute atomic E-state index is 0.0651. The van der Waals surface area contributed by atoms with Gasteiger partial charge in [0.15, 0.2) is 0 Å². The first-order valence-electron chi connectivity index (χ1n) is 6.23. The molecule has 0 spiro atoms. The van der Waals surface area contributed by atoms with Crippen molar-refractivity contribution in [2.75, 3.05) is 38.1 Å². The van der Waals surface area contributed by atoms with Crippen molar-refractivity contribution in [1.82, 2.24) is 14.9 Å². The van der Waals surface area contributed by atoms with Crippen molar-refractivity contribution in [3.8, 4) is 0 Å². The van der Waals surface area contributed by atoms with E-state index in [2.05, 4.69) is 42.6 Å². The third kappa shape index (κ3) is 2.94. The first-order chi connectivity index (χ1) is 7.97. The van der Waals surface area contributed by atoms with E-state index in [4.69, 9.17) is 4.98 Å². The number of hydrogen-bond donors (Lipinski definition) is 0. The summed E-state index contributed by atoms with van der Waals surface area (Å²) in [6.45, 7) is 10.8. The zero-order chi connectivity index (χ0) is 12.5. The van der Waals surface area contributed by atoms with Crippen LogP contribution in [0.15, 0.2) is 12.4 Å². The van der Waals surface area contributed by atoms with Crippen LogP contribution in [0.3, 0.4) is 0 Å². The largest absolute Gasteiger partial charge is 0.353 e. The van der Waals surface area contributed by atoms with Crippen LogP contribution in [0.5, 0.6) is 0 Å². The number of likely N-dealkylation sites (N-methyl/N-ethyl adjacent to an activating group) is 1. The highest BCUT2D eigenvalue weighted by Crippen LogP contribution is 2.21. The molecule has 0 radical (unpaired) electrons. The summed E-state index contributed by atoms with van der Waals surface area (Å²) in [5.41, 5.74) is 1.13. The van der Waals surface area contributed by atoms with Gasteiger partial charge in [-0.05, 0) is 7.05 Å². The molecule has 17 heavy (non-hydrogen) atoms. The average Bonchev–Trinajstić information content (AvgIpc) is 2.29. The maximum Gasteiger partial charge on any atom is 0.147 e. The maximum atomic E-state index is 4.74. The molecule has 0 aliphatic carbocycles. The van der Waals surface area contributed by atoms with Gasteiger partial charge in [-0.3, -0.25) is 4.98 Å². The number of aromatic nitrogens is 2. The molecular weight excluding hydrogens is 212 g/mol. The molecule has 0 atom stereocenters. The molecule has 0 aromatic carbocycles. The second-order valence-corrected chi connectivity index (χ2v) is 5.80. The highest BCUT2D eigenvalue weighted by molar-refractivity contribution is 5.37. The Morgan fingerprint density at radius 2 is 1.71 bits per heavy atom. The molecule has 4 nitrogen and oxygen atoms in total. The topological polar surface area (TPSA) is 32.3 Å². The Morgan fingerprint density at radius 1 is 1.06 bits per heavy atom.